The zero-order valence-electron chi connectivity index (χ0n) is 10.0. The van der Waals surface area contributed by atoms with Crippen LogP contribution in [0, 0.1) is 6.92 Å². The molecule has 3 aromatic heterocycles. The van der Waals surface area contributed by atoms with Crippen LogP contribution in [0.3, 0.4) is 0 Å². The van der Waals surface area contributed by atoms with Crippen LogP contribution in [0.15, 0.2) is 16.0 Å². The number of nitrogens with zero attached hydrogens (tertiary/aromatic N) is 4. The first-order chi connectivity index (χ1) is 9.26. The van der Waals surface area contributed by atoms with Gasteiger partial charge in [0.05, 0.1) is 11.9 Å². The number of rotatable bonds is 4. The lowest BCUT2D eigenvalue weighted by Crippen LogP contribution is -2.12. The molecule has 9 heteroatoms. The van der Waals surface area contributed by atoms with Crippen LogP contribution < -0.4 is 16.6 Å². The molecule has 19 heavy (non-hydrogen) atoms. The molecule has 0 saturated carbocycles. The Morgan fingerprint density at radius 2 is 2.26 bits per heavy atom. The summed E-state index contributed by atoms with van der Waals surface area (Å²) in [7, 11) is 0. The zero-order valence-corrected chi connectivity index (χ0v) is 10.9. The fourth-order valence-electron chi connectivity index (χ4n) is 1.63. The van der Waals surface area contributed by atoms with E-state index in [-0.39, 0.29) is 0 Å². The van der Waals surface area contributed by atoms with E-state index in [9.17, 15) is 0 Å². The summed E-state index contributed by atoms with van der Waals surface area (Å²) in [6.45, 7) is 2.16. The molecule has 8 nitrogen and oxygen atoms in total. The van der Waals surface area contributed by atoms with E-state index in [0.717, 1.165) is 10.2 Å². The highest BCUT2D eigenvalue weighted by Crippen LogP contribution is 2.26. The molecule has 0 aliphatic heterocycles. The molecule has 0 atom stereocenters. The minimum atomic E-state index is 0.363. The molecule has 0 spiro atoms. The van der Waals surface area contributed by atoms with Gasteiger partial charge in [0.2, 0.25) is 11.8 Å². The van der Waals surface area contributed by atoms with E-state index in [0.29, 0.717) is 30.0 Å². The topological polar surface area (TPSA) is 115 Å². The first-order valence-electron chi connectivity index (χ1n) is 5.51. The molecule has 0 fully saturated rings. The summed E-state index contributed by atoms with van der Waals surface area (Å²) in [5, 5.41) is 9.85. The molecule has 4 N–H and O–H groups in total. The number of nitrogens with one attached hydrogen (secondary N) is 2. The third-order valence-corrected chi connectivity index (χ3v) is 3.24. The highest BCUT2D eigenvalue weighted by atomic mass is 32.1. The lowest BCUT2D eigenvalue weighted by atomic mass is 10.4. The number of hydrogen-bond acceptors (Lipinski definition) is 9. The number of anilines is 2. The van der Waals surface area contributed by atoms with Crippen LogP contribution in [0.2, 0.25) is 0 Å². The van der Waals surface area contributed by atoms with Gasteiger partial charge in [-0.3, -0.25) is 5.43 Å². The van der Waals surface area contributed by atoms with Gasteiger partial charge in [-0.25, -0.2) is 10.8 Å². The summed E-state index contributed by atoms with van der Waals surface area (Å²) in [4.78, 5) is 13.5. The minimum Gasteiger partial charge on any atom is -0.362 e. The Hall–Kier alpha value is -2.26. The van der Waals surface area contributed by atoms with E-state index in [2.05, 4.69) is 30.9 Å². The molecule has 0 bridgehead atoms. The minimum absolute atomic E-state index is 0.363. The second kappa shape index (κ2) is 4.78. The standard InChI is InChI=1S/C10H11N7OS/c1-5-13-7(17-18-5)4-12-8-6-2-3-19-9(6)15-10(14-8)16-11/h2-3H,4,11H2,1H3,(H2,12,14,15,16). The molecular weight excluding hydrogens is 266 g/mol. The second-order valence-electron chi connectivity index (χ2n) is 3.76. The molecule has 0 aliphatic carbocycles. The fourth-order valence-corrected chi connectivity index (χ4v) is 2.39. The normalized spacial score (nSPS) is 10.8. The van der Waals surface area contributed by atoms with Crippen LogP contribution in [-0.2, 0) is 6.54 Å². The highest BCUT2D eigenvalue weighted by molar-refractivity contribution is 7.16. The number of hydrogen-bond donors (Lipinski definition) is 3. The van der Waals surface area contributed by atoms with Gasteiger partial charge in [-0.1, -0.05) is 5.16 Å². The lowest BCUT2D eigenvalue weighted by Gasteiger charge is -2.06. The maximum atomic E-state index is 5.35. The third kappa shape index (κ3) is 2.33. The van der Waals surface area contributed by atoms with E-state index in [1.807, 2.05) is 11.4 Å². The van der Waals surface area contributed by atoms with Crippen molar-refractivity contribution in [2.45, 2.75) is 13.5 Å². The van der Waals surface area contributed by atoms with Crippen molar-refractivity contribution in [1.29, 1.82) is 0 Å². The second-order valence-corrected chi connectivity index (χ2v) is 4.66. The number of nitrogens with two attached hydrogens (primary N) is 1. The van der Waals surface area contributed by atoms with Gasteiger partial charge >= 0.3 is 0 Å². The summed E-state index contributed by atoms with van der Waals surface area (Å²) < 4.78 is 4.91. The molecule has 0 aromatic carbocycles. The molecule has 0 unspecified atom stereocenters. The molecule has 98 valence electrons. The quantitative estimate of drug-likeness (QED) is 0.482. The van der Waals surface area contributed by atoms with Crippen LogP contribution in [-0.4, -0.2) is 20.1 Å². The molecule has 0 amide bonds. The summed E-state index contributed by atoms with van der Waals surface area (Å²) >= 11 is 1.52. The Bertz CT molecular complexity index is 707. The number of fused-ring (bicyclic) bond motifs is 1. The number of aromatic nitrogens is 4. The summed E-state index contributed by atoms with van der Waals surface area (Å²) in [6.07, 6.45) is 0. The predicted molar refractivity (Wildman–Crippen MR) is 71.6 cm³/mol. The highest BCUT2D eigenvalue weighted by Gasteiger charge is 2.09. The van der Waals surface area contributed by atoms with E-state index in [4.69, 9.17) is 10.4 Å². The van der Waals surface area contributed by atoms with Crippen LogP contribution in [0.1, 0.15) is 11.7 Å². The van der Waals surface area contributed by atoms with Crippen molar-refractivity contribution in [3.05, 3.63) is 23.2 Å². The van der Waals surface area contributed by atoms with Crippen LogP contribution in [0.4, 0.5) is 11.8 Å². The van der Waals surface area contributed by atoms with Crippen molar-refractivity contribution >= 4 is 33.3 Å². The molecule has 0 radical (unpaired) electrons. The van der Waals surface area contributed by atoms with E-state index in [1.54, 1.807) is 6.92 Å². The van der Waals surface area contributed by atoms with Crippen LogP contribution in [0.5, 0.6) is 0 Å². The van der Waals surface area contributed by atoms with Crippen molar-refractivity contribution in [1.82, 2.24) is 20.1 Å². The monoisotopic (exact) mass is 277 g/mol. The molecular formula is C10H11N7OS. The Morgan fingerprint density at radius 1 is 1.37 bits per heavy atom. The number of nitrogen functional groups attached to an aromatic ring is 1. The van der Waals surface area contributed by atoms with Crippen molar-refractivity contribution < 1.29 is 4.52 Å². The number of thiophene rings is 1. The Kier molecular flexibility index (Phi) is 2.97. The van der Waals surface area contributed by atoms with Gasteiger partial charge in [0.1, 0.15) is 10.6 Å². The number of hydrazine groups is 1. The van der Waals surface area contributed by atoms with E-state index in [1.165, 1.54) is 11.3 Å². The molecule has 0 saturated heterocycles. The van der Waals surface area contributed by atoms with Crippen molar-refractivity contribution in [3.63, 3.8) is 0 Å². The van der Waals surface area contributed by atoms with Crippen LogP contribution in [0.25, 0.3) is 10.2 Å². The fraction of sp³-hybridized carbons (Fsp3) is 0.200. The maximum Gasteiger partial charge on any atom is 0.240 e. The smallest absolute Gasteiger partial charge is 0.240 e. The number of aryl methyl sites for hydroxylation is 1. The van der Waals surface area contributed by atoms with Gasteiger partial charge in [0.15, 0.2) is 5.82 Å². The SMILES string of the molecule is Cc1nc(CNc2nc(NN)nc3sccc23)no1. The Morgan fingerprint density at radius 3 is 3.00 bits per heavy atom. The molecule has 3 aromatic rings. The average molecular weight is 277 g/mol. The third-order valence-electron chi connectivity index (χ3n) is 2.44. The van der Waals surface area contributed by atoms with Gasteiger partial charge in [0.25, 0.3) is 0 Å². The van der Waals surface area contributed by atoms with Gasteiger partial charge in [-0.05, 0) is 11.4 Å². The van der Waals surface area contributed by atoms with Crippen molar-refractivity contribution in [2.75, 3.05) is 10.7 Å². The molecule has 0 aliphatic rings. The zero-order chi connectivity index (χ0) is 13.2. The van der Waals surface area contributed by atoms with Gasteiger partial charge in [-0.15, -0.1) is 11.3 Å². The summed E-state index contributed by atoms with van der Waals surface area (Å²) in [6, 6.07) is 1.95. The average Bonchev–Trinajstić information content (AvgIpc) is 3.04. The van der Waals surface area contributed by atoms with Crippen molar-refractivity contribution in [2.24, 2.45) is 5.84 Å². The van der Waals surface area contributed by atoms with Gasteiger partial charge < -0.3 is 9.84 Å². The van der Waals surface area contributed by atoms with Gasteiger partial charge in [-0.2, -0.15) is 9.97 Å². The largest absolute Gasteiger partial charge is 0.362 e. The first-order valence-corrected chi connectivity index (χ1v) is 6.39. The first kappa shape index (κ1) is 11.8. The summed E-state index contributed by atoms with van der Waals surface area (Å²) in [5.74, 6) is 7.50. The van der Waals surface area contributed by atoms with Crippen molar-refractivity contribution in [3.8, 4) is 0 Å². The van der Waals surface area contributed by atoms with Crippen LogP contribution >= 0.6 is 11.3 Å². The van der Waals surface area contributed by atoms with Gasteiger partial charge in [0, 0.05) is 6.92 Å². The van der Waals surface area contributed by atoms with E-state index >= 15 is 0 Å². The molecule has 3 heterocycles. The Labute approximate surface area is 112 Å². The summed E-state index contributed by atoms with van der Waals surface area (Å²) in [5.41, 5.74) is 2.45. The predicted octanol–water partition coefficient (Wildman–Crippen LogP) is 1.28. The lowest BCUT2D eigenvalue weighted by molar-refractivity contribution is 0.388. The maximum absolute atomic E-state index is 5.35. The molecule has 3 rings (SSSR count). The van der Waals surface area contributed by atoms with E-state index < -0.39 is 0 Å². The Balaban J connectivity index is 1.88.